The van der Waals surface area contributed by atoms with E-state index in [4.69, 9.17) is 9.47 Å². The first-order valence-corrected chi connectivity index (χ1v) is 5.34. The normalized spacial score (nSPS) is 10.9. The number of benzene rings is 1. The lowest BCUT2D eigenvalue weighted by Gasteiger charge is -2.11. The third-order valence-electron chi connectivity index (χ3n) is 2.46. The third-order valence-corrected chi connectivity index (χ3v) is 2.46. The predicted octanol–water partition coefficient (Wildman–Crippen LogP) is 3.73. The highest BCUT2D eigenvalue weighted by Gasteiger charge is 2.06. The molecule has 2 heteroatoms. The molecule has 0 N–H and O–H groups in total. The van der Waals surface area contributed by atoms with Gasteiger partial charge in [0.05, 0.1) is 14.2 Å². The van der Waals surface area contributed by atoms with Gasteiger partial charge in [0.15, 0.2) is 0 Å². The highest BCUT2D eigenvalue weighted by Crippen LogP contribution is 2.28. The Balaban J connectivity index is 3.28. The highest BCUT2D eigenvalue weighted by molar-refractivity contribution is 5.79. The van der Waals surface area contributed by atoms with Crippen LogP contribution in [0.25, 0.3) is 5.57 Å². The van der Waals surface area contributed by atoms with Crippen molar-refractivity contribution in [2.24, 2.45) is 0 Å². The van der Waals surface area contributed by atoms with Crippen LogP contribution < -0.4 is 4.74 Å². The van der Waals surface area contributed by atoms with E-state index >= 15 is 0 Å². The first kappa shape index (κ1) is 13.1. The zero-order valence-corrected chi connectivity index (χ0v) is 10.6. The zero-order valence-electron chi connectivity index (χ0n) is 10.6. The summed E-state index contributed by atoms with van der Waals surface area (Å²) in [5, 5.41) is 0. The summed E-state index contributed by atoms with van der Waals surface area (Å²) in [7, 11) is 3.24. The van der Waals surface area contributed by atoms with Crippen molar-refractivity contribution < 1.29 is 9.47 Å². The third kappa shape index (κ3) is 3.25. The van der Waals surface area contributed by atoms with Crippen molar-refractivity contribution >= 4 is 5.57 Å². The van der Waals surface area contributed by atoms with Crippen LogP contribution in [0.4, 0.5) is 0 Å². The van der Waals surface area contributed by atoms with Gasteiger partial charge < -0.3 is 9.47 Å². The molecular formula is C15H18O2. The molecule has 0 bridgehead atoms. The second kappa shape index (κ2) is 5.94. The Morgan fingerprint density at radius 3 is 2.53 bits per heavy atom. The van der Waals surface area contributed by atoms with Crippen LogP contribution in [0.5, 0.6) is 5.75 Å². The molecule has 1 aromatic rings. The van der Waals surface area contributed by atoms with Gasteiger partial charge in [-0.25, -0.2) is 0 Å². The molecule has 0 fully saturated rings. The Morgan fingerprint density at radius 1 is 1.29 bits per heavy atom. The minimum absolute atomic E-state index is 0.587. The quantitative estimate of drug-likeness (QED) is 0.566. The largest absolute Gasteiger partial charge is 0.497 e. The zero-order chi connectivity index (χ0) is 12.8. The molecule has 0 amide bonds. The van der Waals surface area contributed by atoms with E-state index in [1.54, 1.807) is 20.3 Å². The molecule has 1 aromatic carbocycles. The number of allylic oxidation sites excluding steroid dienone is 3. The average molecular weight is 230 g/mol. The van der Waals surface area contributed by atoms with Crippen LogP contribution in [0.2, 0.25) is 0 Å². The van der Waals surface area contributed by atoms with Crippen molar-refractivity contribution in [3.05, 3.63) is 60.4 Å². The monoisotopic (exact) mass is 230 g/mol. The van der Waals surface area contributed by atoms with Crippen molar-refractivity contribution in [3.63, 3.8) is 0 Å². The van der Waals surface area contributed by atoms with Crippen LogP contribution in [-0.2, 0) is 4.74 Å². The molecule has 0 saturated heterocycles. The molecule has 90 valence electrons. The molecule has 17 heavy (non-hydrogen) atoms. The Kier molecular flexibility index (Phi) is 4.58. The van der Waals surface area contributed by atoms with Crippen LogP contribution in [0.3, 0.4) is 0 Å². The summed E-state index contributed by atoms with van der Waals surface area (Å²) in [6.45, 7) is 9.62. The first-order chi connectivity index (χ1) is 8.12. The second-order valence-corrected chi connectivity index (χ2v) is 3.68. The van der Waals surface area contributed by atoms with E-state index in [0.29, 0.717) is 5.76 Å². The van der Waals surface area contributed by atoms with Gasteiger partial charge in [0, 0.05) is 5.56 Å². The van der Waals surface area contributed by atoms with E-state index in [1.807, 2.05) is 25.1 Å². The summed E-state index contributed by atoms with van der Waals surface area (Å²) < 4.78 is 10.4. The van der Waals surface area contributed by atoms with Crippen LogP contribution in [0, 0.1) is 6.92 Å². The fraction of sp³-hybridized carbons (Fsp3) is 0.200. The Bertz CT molecular complexity index is 456. The topological polar surface area (TPSA) is 18.5 Å². The number of hydrogen-bond acceptors (Lipinski definition) is 2. The molecule has 0 heterocycles. The van der Waals surface area contributed by atoms with E-state index < -0.39 is 0 Å². The lowest BCUT2D eigenvalue weighted by atomic mass is 10.0. The molecule has 0 aromatic heterocycles. The maximum Gasteiger partial charge on any atom is 0.126 e. The van der Waals surface area contributed by atoms with Crippen molar-refractivity contribution in [2.45, 2.75) is 6.92 Å². The number of rotatable bonds is 5. The summed E-state index contributed by atoms with van der Waals surface area (Å²) in [6, 6.07) is 6.00. The molecule has 0 atom stereocenters. The smallest absolute Gasteiger partial charge is 0.126 e. The van der Waals surface area contributed by atoms with Crippen molar-refractivity contribution in [1.82, 2.24) is 0 Å². The molecular weight excluding hydrogens is 212 g/mol. The maximum absolute atomic E-state index is 5.34. The summed E-state index contributed by atoms with van der Waals surface area (Å²) in [5.74, 6) is 1.40. The number of methoxy groups -OCH3 is 2. The van der Waals surface area contributed by atoms with Crippen LogP contribution >= 0.6 is 0 Å². The van der Waals surface area contributed by atoms with Gasteiger partial charge in [-0.05, 0) is 30.7 Å². The molecule has 1 rings (SSSR count). The van der Waals surface area contributed by atoms with E-state index in [2.05, 4.69) is 19.2 Å². The number of hydrogen-bond donors (Lipinski definition) is 0. The Hall–Kier alpha value is -1.96. The maximum atomic E-state index is 5.34. The predicted molar refractivity (Wildman–Crippen MR) is 72.1 cm³/mol. The molecule has 0 spiro atoms. The molecule has 0 aliphatic rings. The van der Waals surface area contributed by atoms with Gasteiger partial charge in [-0.3, -0.25) is 0 Å². The fourth-order valence-corrected chi connectivity index (χ4v) is 1.53. The number of aryl methyl sites for hydroxylation is 1. The fourth-order valence-electron chi connectivity index (χ4n) is 1.53. The molecule has 2 nitrogen and oxygen atoms in total. The molecule has 0 unspecified atom stereocenters. The Morgan fingerprint density at radius 2 is 2.00 bits per heavy atom. The summed E-state index contributed by atoms with van der Waals surface area (Å²) in [5.41, 5.74) is 3.08. The summed E-state index contributed by atoms with van der Waals surface area (Å²) >= 11 is 0. The van der Waals surface area contributed by atoms with E-state index in [9.17, 15) is 0 Å². The lowest BCUT2D eigenvalue weighted by molar-refractivity contribution is 0.309. The van der Waals surface area contributed by atoms with Gasteiger partial charge in [0.2, 0.25) is 0 Å². The van der Waals surface area contributed by atoms with Crippen LogP contribution in [0.1, 0.15) is 11.1 Å². The van der Waals surface area contributed by atoms with Gasteiger partial charge in [-0.15, -0.1) is 0 Å². The van der Waals surface area contributed by atoms with Crippen molar-refractivity contribution in [1.29, 1.82) is 0 Å². The summed E-state index contributed by atoms with van der Waals surface area (Å²) in [4.78, 5) is 0. The van der Waals surface area contributed by atoms with Crippen LogP contribution in [0.15, 0.2) is 49.3 Å². The highest BCUT2D eigenvalue weighted by atomic mass is 16.5. The minimum Gasteiger partial charge on any atom is -0.497 e. The van der Waals surface area contributed by atoms with E-state index in [-0.39, 0.29) is 0 Å². The van der Waals surface area contributed by atoms with Crippen molar-refractivity contribution in [3.8, 4) is 5.75 Å². The van der Waals surface area contributed by atoms with Crippen LogP contribution in [-0.4, -0.2) is 14.2 Å². The van der Waals surface area contributed by atoms with Gasteiger partial charge in [0.1, 0.15) is 11.5 Å². The SMILES string of the molecule is C=C/C(=C\C(=C)OC)c1cc(C)ccc1OC. The van der Waals surface area contributed by atoms with Gasteiger partial charge >= 0.3 is 0 Å². The molecule has 0 saturated carbocycles. The first-order valence-electron chi connectivity index (χ1n) is 5.34. The van der Waals surface area contributed by atoms with Gasteiger partial charge in [0.25, 0.3) is 0 Å². The van der Waals surface area contributed by atoms with Gasteiger partial charge in [-0.2, -0.15) is 0 Å². The summed E-state index contributed by atoms with van der Waals surface area (Å²) in [6.07, 6.45) is 3.60. The lowest BCUT2D eigenvalue weighted by Crippen LogP contribution is -1.92. The number of ether oxygens (including phenoxy) is 2. The van der Waals surface area contributed by atoms with E-state index in [0.717, 1.165) is 22.4 Å². The second-order valence-electron chi connectivity index (χ2n) is 3.68. The average Bonchev–Trinajstić information content (AvgIpc) is 2.35. The van der Waals surface area contributed by atoms with E-state index in [1.165, 1.54) is 0 Å². The standard InChI is InChI=1S/C15H18O2/c1-6-13(10-12(3)16-4)14-9-11(2)7-8-15(14)17-5/h6-10H,1,3H2,2,4-5H3/b13-10+. The minimum atomic E-state index is 0.587. The molecule has 0 aliphatic heterocycles. The van der Waals surface area contributed by atoms with Gasteiger partial charge in [-0.1, -0.05) is 30.9 Å². The Labute approximate surface area is 103 Å². The van der Waals surface area contributed by atoms with Crippen molar-refractivity contribution in [2.75, 3.05) is 14.2 Å². The molecule has 0 aliphatic carbocycles. The molecule has 0 radical (unpaired) electrons.